The van der Waals surface area contributed by atoms with Gasteiger partial charge >= 0.3 is 0 Å². The Labute approximate surface area is 173 Å². The molecule has 6 heteroatoms. The first kappa shape index (κ1) is 18.2. The monoisotopic (exact) mass is 401 g/mol. The lowest BCUT2D eigenvalue weighted by Crippen LogP contribution is -2.29. The van der Waals surface area contributed by atoms with Crippen molar-refractivity contribution >= 4 is 23.1 Å². The molecule has 5 rings (SSSR count). The molecule has 2 aromatic carbocycles. The van der Waals surface area contributed by atoms with Crippen molar-refractivity contribution in [2.75, 3.05) is 11.5 Å². The van der Waals surface area contributed by atoms with Crippen molar-refractivity contribution in [2.24, 2.45) is 0 Å². The number of anilines is 1. The number of rotatable bonds is 3. The third kappa shape index (κ3) is 2.80. The number of nitrogens with zero attached hydrogens (tertiary/aromatic N) is 1. The number of hydrogen-bond donors (Lipinski definition) is 1. The molecular weight excluding hydrogens is 382 g/mol. The Morgan fingerprint density at radius 2 is 1.87 bits per heavy atom. The molecule has 1 fully saturated rings. The van der Waals surface area contributed by atoms with E-state index >= 15 is 0 Å². The van der Waals surface area contributed by atoms with Crippen molar-refractivity contribution in [3.8, 4) is 5.75 Å². The van der Waals surface area contributed by atoms with Crippen molar-refractivity contribution in [2.45, 2.75) is 19.4 Å². The maximum Gasteiger partial charge on any atom is 0.300 e. The number of amides is 1. The molecule has 1 amide bonds. The van der Waals surface area contributed by atoms with Gasteiger partial charge in [-0.25, -0.2) is 0 Å². The summed E-state index contributed by atoms with van der Waals surface area (Å²) < 4.78 is 11.3. The highest BCUT2D eigenvalue weighted by atomic mass is 16.5. The van der Waals surface area contributed by atoms with E-state index in [0.29, 0.717) is 29.4 Å². The van der Waals surface area contributed by atoms with Crippen LogP contribution in [0, 0.1) is 6.92 Å². The van der Waals surface area contributed by atoms with Crippen LogP contribution >= 0.6 is 0 Å². The number of ketones is 1. The van der Waals surface area contributed by atoms with Crippen LogP contribution < -0.4 is 9.64 Å². The van der Waals surface area contributed by atoms with Crippen LogP contribution in [0.3, 0.4) is 0 Å². The maximum absolute atomic E-state index is 13.1. The molecule has 1 aromatic heterocycles. The lowest BCUT2D eigenvalue weighted by Gasteiger charge is -2.23. The minimum atomic E-state index is -0.856. The smallest absolute Gasteiger partial charge is 0.300 e. The number of carbonyl (C=O) groups is 2. The summed E-state index contributed by atoms with van der Waals surface area (Å²) in [7, 11) is 0. The van der Waals surface area contributed by atoms with Gasteiger partial charge in [0.1, 0.15) is 29.1 Å². The van der Waals surface area contributed by atoms with Crippen LogP contribution in [0.4, 0.5) is 5.69 Å². The molecule has 2 aliphatic rings. The predicted molar refractivity (Wildman–Crippen MR) is 110 cm³/mol. The average molecular weight is 401 g/mol. The van der Waals surface area contributed by atoms with Crippen LogP contribution in [0.1, 0.15) is 28.7 Å². The molecule has 1 saturated heterocycles. The van der Waals surface area contributed by atoms with Crippen molar-refractivity contribution in [3.63, 3.8) is 0 Å². The molecule has 1 atom stereocenters. The van der Waals surface area contributed by atoms with Gasteiger partial charge in [0.15, 0.2) is 0 Å². The normalized spacial score (nSPS) is 19.8. The highest BCUT2D eigenvalue weighted by molar-refractivity contribution is 6.51. The molecule has 2 aliphatic heterocycles. The summed E-state index contributed by atoms with van der Waals surface area (Å²) in [5.41, 5.74) is 2.00. The summed E-state index contributed by atoms with van der Waals surface area (Å²) in [5.74, 6) is 0.174. The minimum Gasteiger partial charge on any atom is -0.507 e. The fourth-order valence-electron chi connectivity index (χ4n) is 4.05. The van der Waals surface area contributed by atoms with Gasteiger partial charge in [-0.1, -0.05) is 18.2 Å². The number of para-hydroxylation sites is 1. The Hall–Kier alpha value is -3.80. The second-order valence-electron chi connectivity index (χ2n) is 7.37. The summed E-state index contributed by atoms with van der Waals surface area (Å²) >= 11 is 0. The summed E-state index contributed by atoms with van der Waals surface area (Å²) in [4.78, 5) is 27.4. The molecule has 30 heavy (non-hydrogen) atoms. The third-order valence-corrected chi connectivity index (χ3v) is 5.47. The first-order chi connectivity index (χ1) is 14.5. The number of aryl methyl sites for hydroxylation is 1. The maximum atomic E-state index is 13.1. The number of hydrogen-bond acceptors (Lipinski definition) is 5. The molecule has 3 heterocycles. The second-order valence-corrected chi connectivity index (χ2v) is 7.37. The number of ether oxygens (including phenoxy) is 1. The van der Waals surface area contributed by atoms with Crippen LogP contribution in [-0.2, 0) is 16.0 Å². The van der Waals surface area contributed by atoms with Gasteiger partial charge in [-0.15, -0.1) is 0 Å². The average Bonchev–Trinajstić information content (AvgIpc) is 3.46. The van der Waals surface area contributed by atoms with E-state index in [2.05, 4.69) is 0 Å². The Kier molecular flexibility index (Phi) is 4.20. The standard InChI is InChI=1S/C24H19NO5/c1-14-7-9-19(30-14)21-20(22(26)16-8-10-18-15(13-16)11-12-29-18)23(27)24(28)25(21)17-5-3-2-4-6-17/h2-10,13,21,26H,11-12H2,1H3/b22-20-. The molecule has 0 bridgehead atoms. The zero-order valence-corrected chi connectivity index (χ0v) is 16.3. The van der Waals surface area contributed by atoms with E-state index in [1.54, 1.807) is 61.5 Å². The van der Waals surface area contributed by atoms with Crippen LogP contribution in [0.5, 0.6) is 5.75 Å². The van der Waals surface area contributed by atoms with E-state index in [1.165, 1.54) is 4.90 Å². The van der Waals surface area contributed by atoms with Gasteiger partial charge in [0.25, 0.3) is 11.7 Å². The molecule has 3 aromatic rings. The molecule has 6 nitrogen and oxygen atoms in total. The van der Waals surface area contributed by atoms with E-state index in [9.17, 15) is 14.7 Å². The summed E-state index contributed by atoms with van der Waals surface area (Å²) in [6.45, 7) is 2.38. The fourth-order valence-corrected chi connectivity index (χ4v) is 4.05. The van der Waals surface area contributed by atoms with Crippen molar-refractivity contribution in [1.29, 1.82) is 0 Å². The Morgan fingerprint density at radius 1 is 1.07 bits per heavy atom. The largest absolute Gasteiger partial charge is 0.507 e. The Bertz CT molecular complexity index is 1190. The number of fused-ring (bicyclic) bond motifs is 1. The highest BCUT2D eigenvalue weighted by Gasteiger charge is 2.48. The SMILES string of the molecule is Cc1ccc(C2/C(=C(/O)c3ccc4c(c3)CCO4)C(=O)C(=O)N2c2ccccc2)o1. The van der Waals surface area contributed by atoms with Gasteiger partial charge in [-0.2, -0.15) is 0 Å². The molecule has 0 radical (unpaired) electrons. The Morgan fingerprint density at radius 3 is 2.60 bits per heavy atom. The summed E-state index contributed by atoms with van der Waals surface area (Å²) in [6.07, 6.45) is 0.732. The summed E-state index contributed by atoms with van der Waals surface area (Å²) in [5, 5.41) is 11.1. The van der Waals surface area contributed by atoms with Crippen LogP contribution in [0.25, 0.3) is 5.76 Å². The molecule has 150 valence electrons. The van der Waals surface area contributed by atoms with Gasteiger partial charge in [0, 0.05) is 17.7 Å². The molecular formula is C24H19NO5. The topological polar surface area (TPSA) is 80.0 Å². The molecule has 0 spiro atoms. The van der Waals surface area contributed by atoms with Gasteiger partial charge in [0.05, 0.1) is 12.2 Å². The zero-order valence-electron chi connectivity index (χ0n) is 16.3. The molecule has 1 unspecified atom stereocenters. The third-order valence-electron chi connectivity index (χ3n) is 5.47. The van der Waals surface area contributed by atoms with E-state index < -0.39 is 17.7 Å². The second kappa shape index (κ2) is 6.91. The van der Waals surface area contributed by atoms with Crippen molar-refractivity contribution in [3.05, 3.63) is 88.9 Å². The first-order valence-electron chi connectivity index (χ1n) is 9.73. The van der Waals surface area contributed by atoms with Crippen molar-refractivity contribution < 1.29 is 23.8 Å². The Balaban J connectivity index is 1.70. The van der Waals surface area contributed by atoms with Crippen LogP contribution in [-0.4, -0.2) is 23.4 Å². The first-order valence-corrected chi connectivity index (χ1v) is 9.73. The molecule has 1 N–H and O–H groups in total. The van der Waals surface area contributed by atoms with E-state index in [4.69, 9.17) is 9.15 Å². The summed E-state index contributed by atoms with van der Waals surface area (Å²) in [6, 6.07) is 16.8. The highest BCUT2D eigenvalue weighted by Crippen LogP contribution is 2.43. The van der Waals surface area contributed by atoms with Crippen LogP contribution in [0.15, 0.2) is 70.7 Å². The number of carbonyl (C=O) groups excluding carboxylic acids is 2. The zero-order chi connectivity index (χ0) is 20.8. The minimum absolute atomic E-state index is 0.0112. The lowest BCUT2D eigenvalue weighted by atomic mass is 9.98. The van der Waals surface area contributed by atoms with Gasteiger partial charge in [0.2, 0.25) is 0 Å². The number of Topliss-reactive ketones (excluding diaryl/α,β-unsaturated/α-hetero) is 1. The van der Waals surface area contributed by atoms with Gasteiger partial charge in [-0.3, -0.25) is 14.5 Å². The number of furan rings is 1. The fraction of sp³-hybridized carbons (Fsp3) is 0.167. The quantitative estimate of drug-likeness (QED) is 0.405. The predicted octanol–water partition coefficient (Wildman–Crippen LogP) is 4.15. The van der Waals surface area contributed by atoms with E-state index in [1.807, 2.05) is 6.07 Å². The van der Waals surface area contributed by atoms with E-state index in [-0.39, 0.29) is 11.3 Å². The number of aliphatic hydroxyl groups is 1. The van der Waals surface area contributed by atoms with E-state index in [0.717, 1.165) is 17.7 Å². The molecule has 0 aliphatic carbocycles. The molecule has 0 saturated carbocycles. The van der Waals surface area contributed by atoms with Gasteiger partial charge < -0.3 is 14.3 Å². The number of aliphatic hydroxyl groups excluding tert-OH is 1. The lowest BCUT2D eigenvalue weighted by molar-refractivity contribution is -0.132. The number of benzene rings is 2. The van der Waals surface area contributed by atoms with Crippen molar-refractivity contribution in [1.82, 2.24) is 0 Å². The van der Waals surface area contributed by atoms with Gasteiger partial charge in [-0.05, 0) is 55.0 Å². The van der Waals surface area contributed by atoms with Crippen LogP contribution in [0.2, 0.25) is 0 Å².